The van der Waals surface area contributed by atoms with E-state index >= 15 is 0 Å². The lowest BCUT2D eigenvalue weighted by Crippen LogP contribution is -2.15. The second-order valence-corrected chi connectivity index (χ2v) is 5.74. The van der Waals surface area contributed by atoms with Crippen molar-refractivity contribution in [3.63, 3.8) is 0 Å². The topological polar surface area (TPSA) is 21.3 Å². The van der Waals surface area contributed by atoms with Gasteiger partial charge in [-0.05, 0) is 57.4 Å². The smallest absolute Gasteiger partial charge is 0.0518 e. The fraction of sp³-hybridized carbons (Fsp3) is 0.600. The molecule has 18 heavy (non-hydrogen) atoms. The number of nitrogens with one attached hydrogen (secondary N) is 1. The van der Waals surface area contributed by atoms with Crippen LogP contribution < -0.4 is 5.32 Å². The van der Waals surface area contributed by atoms with Crippen LogP contribution in [0, 0.1) is 6.92 Å². The molecule has 1 aromatic carbocycles. The molecule has 0 fully saturated rings. The van der Waals surface area contributed by atoms with Crippen LogP contribution in [-0.2, 0) is 11.3 Å². The highest BCUT2D eigenvalue weighted by Gasteiger charge is 1.97. The van der Waals surface area contributed by atoms with Gasteiger partial charge in [-0.15, -0.1) is 0 Å². The van der Waals surface area contributed by atoms with Gasteiger partial charge >= 0.3 is 0 Å². The van der Waals surface area contributed by atoms with E-state index in [0.717, 1.165) is 26.1 Å². The number of halogens is 1. The highest BCUT2D eigenvalue weighted by Crippen LogP contribution is 2.16. The van der Waals surface area contributed by atoms with E-state index in [-0.39, 0.29) is 0 Å². The van der Waals surface area contributed by atoms with Crippen molar-refractivity contribution in [1.29, 1.82) is 0 Å². The van der Waals surface area contributed by atoms with E-state index < -0.39 is 0 Å². The van der Waals surface area contributed by atoms with E-state index in [4.69, 9.17) is 4.74 Å². The summed E-state index contributed by atoms with van der Waals surface area (Å²) in [6.45, 7) is 9.14. The summed E-state index contributed by atoms with van der Waals surface area (Å²) in [6.07, 6.45) is 2.65. The van der Waals surface area contributed by atoms with Crippen molar-refractivity contribution in [3.8, 4) is 0 Å². The third kappa shape index (κ3) is 6.53. The monoisotopic (exact) mass is 313 g/mol. The van der Waals surface area contributed by atoms with Gasteiger partial charge in [0, 0.05) is 17.6 Å². The predicted molar refractivity (Wildman–Crippen MR) is 80.9 cm³/mol. The summed E-state index contributed by atoms with van der Waals surface area (Å²) >= 11 is 3.52. The van der Waals surface area contributed by atoms with Crippen LogP contribution in [0.3, 0.4) is 0 Å². The summed E-state index contributed by atoms with van der Waals surface area (Å²) in [7, 11) is 0. The molecule has 0 unspecified atom stereocenters. The summed E-state index contributed by atoms with van der Waals surface area (Å²) < 4.78 is 6.68. The maximum absolute atomic E-state index is 5.50. The number of unbranched alkanes of at least 4 members (excludes halogenated alkanes) is 1. The van der Waals surface area contributed by atoms with Gasteiger partial charge < -0.3 is 10.1 Å². The Morgan fingerprint density at radius 2 is 2.06 bits per heavy atom. The van der Waals surface area contributed by atoms with E-state index in [2.05, 4.69) is 60.2 Å². The lowest BCUT2D eigenvalue weighted by molar-refractivity contribution is 0.0760. The molecule has 0 aromatic heterocycles. The molecule has 0 aliphatic carbocycles. The Morgan fingerprint density at radius 1 is 1.28 bits per heavy atom. The molecule has 0 radical (unpaired) electrons. The van der Waals surface area contributed by atoms with Gasteiger partial charge in [0.2, 0.25) is 0 Å². The van der Waals surface area contributed by atoms with Crippen molar-refractivity contribution in [1.82, 2.24) is 5.32 Å². The summed E-state index contributed by atoms with van der Waals surface area (Å²) in [6, 6.07) is 6.49. The first kappa shape index (κ1) is 15.7. The van der Waals surface area contributed by atoms with Crippen LogP contribution in [0.15, 0.2) is 22.7 Å². The molecule has 0 saturated carbocycles. The minimum atomic E-state index is 0.351. The van der Waals surface area contributed by atoms with Crippen molar-refractivity contribution in [2.75, 3.05) is 13.2 Å². The van der Waals surface area contributed by atoms with Crippen molar-refractivity contribution in [3.05, 3.63) is 33.8 Å². The Labute approximate surface area is 119 Å². The van der Waals surface area contributed by atoms with Gasteiger partial charge in [-0.3, -0.25) is 0 Å². The first-order chi connectivity index (χ1) is 8.59. The molecule has 0 bridgehead atoms. The second kappa shape index (κ2) is 8.68. The third-order valence-electron chi connectivity index (χ3n) is 2.75. The van der Waals surface area contributed by atoms with Crippen molar-refractivity contribution in [2.45, 2.75) is 46.3 Å². The predicted octanol–water partition coefficient (Wildman–Crippen LogP) is 4.05. The average Bonchev–Trinajstić information content (AvgIpc) is 2.32. The number of benzene rings is 1. The van der Waals surface area contributed by atoms with Crippen LogP contribution in [0.1, 0.15) is 37.8 Å². The van der Waals surface area contributed by atoms with Crippen molar-refractivity contribution in [2.24, 2.45) is 0 Å². The Balaban J connectivity index is 2.09. The number of ether oxygens (including phenoxy) is 1. The molecule has 0 heterocycles. The molecule has 2 nitrogen and oxygen atoms in total. The van der Waals surface area contributed by atoms with Gasteiger partial charge in [-0.25, -0.2) is 0 Å². The lowest BCUT2D eigenvalue weighted by Gasteiger charge is -2.08. The van der Waals surface area contributed by atoms with Crippen LogP contribution in [0.4, 0.5) is 0 Å². The Kier molecular flexibility index (Phi) is 7.56. The zero-order valence-electron chi connectivity index (χ0n) is 11.6. The van der Waals surface area contributed by atoms with E-state index in [0.29, 0.717) is 6.10 Å². The van der Waals surface area contributed by atoms with Gasteiger partial charge in [0.1, 0.15) is 0 Å². The lowest BCUT2D eigenvalue weighted by atomic mass is 10.1. The number of hydrogen-bond acceptors (Lipinski definition) is 2. The number of aryl methyl sites for hydroxylation is 1. The number of hydrogen-bond donors (Lipinski definition) is 1. The molecular weight excluding hydrogens is 290 g/mol. The van der Waals surface area contributed by atoms with Gasteiger partial charge in [0.15, 0.2) is 0 Å². The molecule has 0 aliphatic rings. The van der Waals surface area contributed by atoms with Gasteiger partial charge in [0.25, 0.3) is 0 Å². The van der Waals surface area contributed by atoms with E-state index in [1.807, 2.05) is 0 Å². The summed E-state index contributed by atoms with van der Waals surface area (Å²) in [5.74, 6) is 0. The van der Waals surface area contributed by atoms with Gasteiger partial charge in [-0.2, -0.15) is 0 Å². The Hall–Kier alpha value is -0.380. The third-order valence-corrected chi connectivity index (χ3v) is 3.64. The molecule has 1 rings (SSSR count). The van der Waals surface area contributed by atoms with Gasteiger partial charge in [0.05, 0.1) is 6.10 Å². The normalized spacial score (nSPS) is 11.2. The molecule has 1 aromatic rings. The second-order valence-electron chi connectivity index (χ2n) is 4.89. The molecule has 0 atom stereocenters. The summed E-state index contributed by atoms with van der Waals surface area (Å²) in [5.41, 5.74) is 2.63. The molecule has 0 aliphatic heterocycles. The Morgan fingerprint density at radius 3 is 2.72 bits per heavy atom. The minimum absolute atomic E-state index is 0.351. The quantitative estimate of drug-likeness (QED) is 0.731. The maximum atomic E-state index is 5.50. The van der Waals surface area contributed by atoms with Crippen molar-refractivity contribution < 1.29 is 4.74 Å². The first-order valence-electron chi connectivity index (χ1n) is 6.67. The molecule has 0 amide bonds. The Bertz CT molecular complexity index is 352. The number of rotatable bonds is 8. The van der Waals surface area contributed by atoms with Crippen LogP contribution in [0.2, 0.25) is 0 Å². The first-order valence-corrected chi connectivity index (χ1v) is 7.46. The van der Waals surface area contributed by atoms with E-state index in [9.17, 15) is 0 Å². The molecular formula is C15H24BrNO. The fourth-order valence-electron chi connectivity index (χ4n) is 1.72. The zero-order valence-corrected chi connectivity index (χ0v) is 13.2. The van der Waals surface area contributed by atoms with Crippen LogP contribution in [0.25, 0.3) is 0 Å². The van der Waals surface area contributed by atoms with Gasteiger partial charge in [-0.1, -0.05) is 28.1 Å². The highest BCUT2D eigenvalue weighted by molar-refractivity contribution is 9.10. The standard InChI is InChI=1S/C15H24BrNO/c1-12(2)18-9-5-4-8-17-11-14-6-7-15(16)13(3)10-14/h6-7,10,12,17H,4-5,8-9,11H2,1-3H3. The van der Waals surface area contributed by atoms with E-state index in [1.165, 1.54) is 22.0 Å². The minimum Gasteiger partial charge on any atom is -0.379 e. The van der Waals surface area contributed by atoms with Crippen molar-refractivity contribution >= 4 is 15.9 Å². The molecule has 1 N–H and O–H groups in total. The molecule has 102 valence electrons. The highest BCUT2D eigenvalue weighted by atomic mass is 79.9. The largest absolute Gasteiger partial charge is 0.379 e. The SMILES string of the molecule is Cc1cc(CNCCCCOC(C)C)ccc1Br. The zero-order chi connectivity index (χ0) is 13.4. The fourth-order valence-corrected chi connectivity index (χ4v) is 1.97. The molecule has 0 spiro atoms. The van der Waals surface area contributed by atoms with Crippen LogP contribution >= 0.6 is 15.9 Å². The van der Waals surface area contributed by atoms with Crippen LogP contribution in [0.5, 0.6) is 0 Å². The average molecular weight is 314 g/mol. The molecule has 3 heteroatoms. The summed E-state index contributed by atoms with van der Waals surface area (Å²) in [4.78, 5) is 0. The van der Waals surface area contributed by atoms with Crippen LogP contribution in [-0.4, -0.2) is 19.3 Å². The van der Waals surface area contributed by atoms with E-state index in [1.54, 1.807) is 0 Å². The molecule has 0 saturated heterocycles. The maximum Gasteiger partial charge on any atom is 0.0518 e. The summed E-state index contributed by atoms with van der Waals surface area (Å²) in [5, 5.41) is 3.47.